The fourth-order valence-corrected chi connectivity index (χ4v) is 1.67. The minimum absolute atomic E-state index is 0.0858. The maximum Gasteiger partial charge on any atom is 0.227 e. The summed E-state index contributed by atoms with van der Waals surface area (Å²) in [6.45, 7) is 3.87. The number of aromatic nitrogens is 2. The molecule has 88 valence electrons. The van der Waals surface area contributed by atoms with Gasteiger partial charge >= 0.3 is 0 Å². The Hall–Kier alpha value is -0.870. The molecular formula is C10H13Cl2N3O. The highest BCUT2D eigenvalue weighted by Gasteiger charge is 2.16. The molecule has 1 aromatic rings. The first-order valence-electron chi connectivity index (χ1n) is 5.03. The van der Waals surface area contributed by atoms with Gasteiger partial charge in [-0.2, -0.15) is 0 Å². The molecule has 16 heavy (non-hydrogen) atoms. The van der Waals surface area contributed by atoms with Crippen LogP contribution in [0.25, 0.3) is 0 Å². The molecule has 0 aromatic carbocycles. The average molecular weight is 262 g/mol. The van der Waals surface area contributed by atoms with Gasteiger partial charge in [-0.15, -0.1) is 0 Å². The van der Waals surface area contributed by atoms with Crippen molar-refractivity contribution in [1.82, 2.24) is 9.97 Å². The highest BCUT2D eigenvalue weighted by Crippen LogP contribution is 2.26. The maximum absolute atomic E-state index is 11.7. The van der Waals surface area contributed by atoms with Gasteiger partial charge in [-0.05, 0) is 6.42 Å². The zero-order valence-corrected chi connectivity index (χ0v) is 10.6. The minimum Gasteiger partial charge on any atom is -0.321 e. The lowest BCUT2D eigenvalue weighted by Crippen LogP contribution is -2.21. The fraction of sp³-hybridized carbons (Fsp3) is 0.500. The van der Waals surface area contributed by atoms with Crippen LogP contribution in [0.4, 0.5) is 5.69 Å². The molecule has 1 unspecified atom stereocenters. The normalized spacial score (nSPS) is 12.2. The molecule has 0 spiro atoms. The Morgan fingerprint density at radius 3 is 2.50 bits per heavy atom. The molecule has 0 aliphatic rings. The summed E-state index contributed by atoms with van der Waals surface area (Å²) in [4.78, 5) is 19.2. The van der Waals surface area contributed by atoms with Crippen LogP contribution in [0.3, 0.4) is 0 Å². The van der Waals surface area contributed by atoms with E-state index in [1.54, 1.807) is 0 Å². The van der Waals surface area contributed by atoms with Crippen molar-refractivity contribution in [3.05, 3.63) is 16.6 Å². The van der Waals surface area contributed by atoms with E-state index in [1.165, 1.54) is 6.33 Å². The molecule has 1 atom stereocenters. The van der Waals surface area contributed by atoms with Crippen molar-refractivity contribution in [2.24, 2.45) is 5.92 Å². The summed E-state index contributed by atoms with van der Waals surface area (Å²) < 4.78 is 0. The zero-order valence-electron chi connectivity index (χ0n) is 9.13. The fourth-order valence-electron chi connectivity index (χ4n) is 1.26. The molecule has 0 saturated heterocycles. The number of rotatable bonds is 4. The van der Waals surface area contributed by atoms with E-state index < -0.39 is 0 Å². The largest absolute Gasteiger partial charge is 0.321 e. The van der Waals surface area contributed by atoms with Gasteiger partial charge < -0.3 is 5.32 Å². The number of carbonyl (C=O) groups excluding carboxylic acids is 1. The lowest BCUT2D eigenvalue weighted by atomic mass is 10.1. The maximum atomic E-state index is 11.7. The smallest absolute Gasteiger partial charge is 0.227 e. The van der Waals surface area contributed by atoms with Crippen molar-refractivity contribution >= 4 is 34.8 Å². The molecule has 0 aliphatic carbocycles. The van der Waals surface area contributed by atoms with Crippen LogP contribution in [-0.4, -0.2) is 15.9 Å². The third-order valence-corrected chi connectivity index (χ3v) is 2.75. The number of halogens is 2. The standard InChI is InChI=1S/C10H13Cl2N3O/c1-3-4-6(2)10(16)15-7-8(11)13-5-14-9(7)12/h5-6H,3-4H2,1-2H3,(H,15,16). The van der Waals surface area contributed by atoms with Crippen molar-refractivity contribution in [1.29, 1.82) is 0 Å². The predicted molar refractivity (Wildman–Crippen MR) is 64.8 cm³/mol. The van der Waals surface area contributed by atoms with Crippen LogP contribution in [0.2, 0.25) is 10.3 Å². The lowest BCUT2D eigenvalue weighted by molar-refractivity contribution is -0.119. The SMILES string of the molecule is CCCC(C)C(=O)Nc1c(Cl)ncnc1Cl. The van der Waals surface area contributed by atoms with Gasteiger partial charge in [-0.3, -0.25) is 4.79 Å². The summed E-state index contributed by atoms with van der Waals surface area (Å²) in [5, 5.41) is 2.94. The first kappa shape index (κ1) is 13.2. The molecule has 0 aliphatic heterocycles. The molecule has 0 radical (unpaired) electrons. The molecule has 6 heteroatoms. The molecule has 0 bridgehead atoms. The summed E-state index contributed by atoms with van der Waals surface area (Å²) >= 11 is 11.6. The number of nitrogens with zero attached hydrogens (tertiary/aromatic N) is 2. The van der Waals surface area contributed by atoms with Crippen molar-refractivity contribution in [3.8, 4) is 0 Å². The van der Waals surface area contributed by atoms with Crippen molar-refractivity contribution in [3.63, 3.8) is 0 Å². The summed E-state index contributed by atoms with van der Waals surface area (Å²) in [6, 6.07) is 0. The van der Waals surface area contributed by atoms with E-state index in [-0.39, 0.29) is 27.8 Å². The first-order valence-corrected chi connectivity index (χ1v) is 5.78. The van der Waals surface area contributed by atoms with Gasteiger partial charge in [-0.25, -0.2) is 9.97 Å². The molecule has 1 aromatic heterocycles. The van der Waals surface area contributed by atoms with E-state index in [0.29, 0.717) is 0 Å². The van der Waals surface area contributed by atoms with E-state index in [1.807, 2.05) is 13.8 Å². The monoisotopic (exact) mass is 261 g/mol. The third kappa shape index (κ3) is 3.32. The van der Waals surface area contributed by atoms with E-state index in [0.717, 1.165) is 12.8 Å². The van der Waals surface area contributed by atoms with Crippen LogP contribution in [-0.2, 0) is 4.79 Å². The Bertz CT molecular complexity index is 364. The van der Waals surface area contributed by atoms with Crippen LogP contribution in [0.5, 0.6) is 0 Å². The molecule has 1 N–H and O–H groups in total. The number of hydrogen-bond donors (Lipinski definition) is 1. The molecule has 1 heterocycles. The van der Waals surface area contributed by atoms with Gasteiger partial charge in [0.15, 0.2) is 10.3 Å². The topological polar surface area (TPSA) is 54.9 Å². The lowest BCUT2D eigenvalue weighted by Gasteiger charge is -2.12. The van der Waals surface area contributed by atoms with E-state index in [2.05, 4.69) is 15.3 Å². The Kier molecular flexibility index (Phi) is 4.96. The van der Waals surface area contributed by atoms with Crippen molar-refractivity contribution in [2.45, 2.75) is 26.7 Å². The second-order valence-electron chi connectivity index (χ2n) is 3.51. The summed E-state index contributed by atoms with van der Waals surface area (Å²) in [5.74, 6) is -0.210. The Morgan fingerprint density at radius 2 is 2.00 bits per heavy atom. The highest BCUT2D eigenvalue weighted by atomic mass is 35.5. The number of carbonyl (C=O) groups is 1. The predicted octanol–water partition coefficient (Wildman–Crippen LogP) is 3.16. The van der Waals surface area contributed by atoms with Gasteiger partial charge in [0.05, 0.1) is 0 Å². The van der Waals surface area contributed by atoms with Gasteiger partial charge in [0, 0.05) is 5.92 Å². The number of nitrogens with one attached hydrogen (secondary N) is 1. The van der Waals surface area contributed by atoms with Crippen LogP contribution >= 0.6 is 23.2 Å². The Labute approximate surface area is 104 Å². The number of amides is 1. The Morgan fingerprint density at radius 1 is 1.44 bits per heavy atom. The molecule has 1 amide bonds. The van der Waals surface area contributed by atoms with Crippen LogP contribution in [0.1, 0.15) is 26.7 Å². The quantitative estimate of drug-likeness (QED) is 0.848. The van der Waals surface area contributed by atoms with Crippen molar-refractivity contribution < 1.29 is 4.79 Å². The second kappa shape index (κ2) is 6.01. The second-order valence-corrected chi connectivity index (χ2v) is 4.23. The minimum atomic E-state index is -0.125. The van der Waals surface area contributed by atoms with E-state index >= 15 is 0 Å². The summed E-state index contributed by atoms with van der Waals surface area (Å²) in [5.41, 5.74) is 0.277. The number of anilines is 1. The summed E-state index contributed by atoms with van der Waals surface area (Å²) in [6.07, 6.45) is 3.01. The van der Waals surface area contributed by atoms with Gasteiger partial charge in [0.25, 0.3) is 0 Å². The highest BCUT2D eigenvalue weighted by molar-refractivity contribution is 6.38. The van der Waals surface area contributed by atoms with Crippen LogP contribution in [0, 0.1) is 5.92 Å². The van der Waals surface area contributed by atoms with Gasteiger partial charge in [-0.1, -0.05) is 43.5 Å². The zero-order chi connectivity index (χ0) is 12.1. The first-order chi connectivity index (χ1) is 7.56. The average Bonchev–Trinajstić information content (AvgIpc) is 2.23. The third-order valence-electron chi connectivity index (χ3n) is 2.17. The molecular weight excluding hydrogens is 249 g/mol. The van der Waals surface area contributed by atoms with E-state index in [9.17, 15) is 4.79 Å². The summed E-state index contributed by atoms with van der Waals surface area (Å²) in [7, 11) is 0. The molecule has 4 nitrogen and oxygen atoms in total. The van der Waals surface area contributed by atoms with Crippen LogP contribution < -0.4 is 5.32 Å². The van der Waals surface area contributed by atoms with Gasteiger partial charge in [0.1, 0.15) is 12.0 Å². The molecule has 0 saturated carbocycles. The molecule has 0 fully saturated rings. The van der Waals surface area contributed by atoms with Crippen molar-refractivity contribution in [2.75, 3.05) is 5.32 Å². The van der Waals surface area contributed by atoms with Gasteiger partial charge in [0.2, 0.25) is 5.91 Å². The van der Waals surface area contributed by atoms with Crippen LogP contribution in [0.15, 0.2) is 6.33 Å². The Balaban J connectivity index is 2.77. The van der Waals surface area contributed by atoms with E-state index in [4.69, 9.17) is 23.2 Å². The molecule has 1 rings (SSSR count). The number of hydrogen-bond acceptors (Lipinski definition) is 3.